The number of aliphatic hydroxyl groups excluding tert-OH is 1. The summed E-state index contributed by atoms with van der Waals surface area (Å²) in [6, 6.07) is 14.1. The first-order valence-electron chi connectivity index (χ1n) is 10.2. The van der Waals surface area contributed by atoms with Gasteiger partial charge in [-0.05, 0) is 55.3 Å². The first-order chi connectivity index (χ1) is 14.0. The van der Waals surface area contributed by atoms with E-state index in [4.69, 9.17) is 4.74 Å². The Balaban J connectivity index is 1.85. The fraction of sp³-hybridized carbons (Fsp3) is 0.375. The van der Waals surface area contributed by atoms with Gasteiger partial charge < -0.3 is 19.3 Å². The van der Waals surface area contributed by atoms with Crippen LogP contribution in [0.1, 0.15) is 36.7 Å². The third-order valence-electron chi connectivity index (χ3n) is 5.86. The molecule has 0 amide bonds. The Morgan fingerprint density at radius 2 is 1.90 bits per heavy atom. The molecule has 2 heterocycles. The maximum Gasteiger partial charge on any atom is 0.328 e. The number of rotatable bonds is 5. The molecule has 4 rings (SSSR count). The van der Waals surface area contributed by atoms with Crippen LogP contribution in [0.5, 0.6) is 0 Å². The van der Waals surface area contributed by atoms with Crippen LogP contribution >= 0.6 is 0 Å². The van der Waals surface area contributed by atoms with Gasteiger partial charge in [-0.25, -0.2) is 4.79 Å². The van der Waals surface area contributed by atoms with Gasteiger partial charge in [0.2, 0.25) is 0 Å². The number of aliphatic hydroxyl groups is 1. The van der Waals surface area contributed by atoms with Crippen molar-refractivity contribution in [2.75, 3.05) is 20.2 Å². The van der Waals surface area contributed by atoms with E-state index < -0.39 is 0 Å². The fourth-order valence-electron chi connectivity index (χ4n) is 4.32. The van der Waals surface area contributed by atoms with Crippen molar-refractivity contribution in [2.45, 2.75) is 39.5 Å². The summed E-state index contributed by atoms with van der Waals surface area (Å²) < 4.78 is 7.49. The maximum absolute atomic E-state index is 12.5. The van der Waals surface area contributed by atoms with Gasteiger partial charge in [-0.2, -0.15) is 0 Å². The monoisotopic (exact) mass is 392 g/mol. The predicted molar refractivity (Wildman–Crippen MR) is 115 cm³/mol. The zero-order chi connectivity index (χ0) is 20.5. The van der Waals surface area contributed by atoms with Gasteiger partial charge in [-0.3, -0.25) is 0 Å². The van der Waals surface area contributed by atoms with E-state index in [2.05, 4.69) is 34.7 Å². The number of hydrogen-bond donors (Lipinski definition) is 1. The van der Waals surface area contributed by atoms with Crippen LogP contribution in [0.15, 0.2) is 42.5 Å². The van der Waals surface area contributed by atoms with Crippen LogP contribution in [-0.2, 0) is 29.1 Å². The van der Waals surface area contributed by atoms with Gasteiger partial charge in [0, 0.05) is 36.1 Å². The Hall–Kier alpha value is -2.63. The van der Waals surface area contributed by atoms with E-state index in [1.807, 2.05) is 38.1 Å². The molecule has 1 aliphatic rings. The number of ether oxygens (including phenoxy) is 1. The molecule has 0 bridgehead atoms. The van der Waals surface area contributed by atoms with Gasteiger partial charge >= 0.3 is 5.97 Å². The summed E-state index contributed by atoms with van der Waals surface area (Å²) in [6.45, 7) is 6.07. The minimum absolute atomic E-state index is 0.0494. The molecular weight excluding hydrogens is 364 g/mol. The van der Waals surface area contributed by atoms with Crippen LogP contribution in [0.3, 0.4) is 0 Å². The van der Waals surface area contributed by atoms with Crippen molar-refractivity contribution in [3.63, 3.8) is 0 Å². The lowest BCUT2D eigenvalue weighted by atomic mass is 9.99. The zero-order valence-electron chi connectivity index (χ0n) is 17.3. The largest absolute Gasteiger partial charge is 0.464 e. The molecule has 1 unspecified atom stereocenters. The average molecular weight is 392 g/mol. The first kappa shape index (κ1) is 19.7. The lowest BCUT2D eigenvalue weighted by Gasteiger charge is -2.25. The molecule has 5 heteroatoms. The van der Waals surface area contributed by atoms with Gasteiger partial charge in [0.05, 0.1) is 13.2 Å². The third-order valence-corrected chi connectivity index (χ3v) is 5.86. The van der Waals surface area contributed by atoms with Crippen molar-refractivity contribution < 1.29 is 14.6 Å². The summed E-state index contributed by atoms with van der Waals surface area (Å²) in [5.74, 6) is -0.185. The minimum Gasteiger partial charge on any atom is -0.464 e. The summed E-state index contributed by atoms with van der Waals surface area (Å²) in [4.78, 5) is 14.8. The van der Waals surface area contributed by atoms with E-state index in [1.54, 1.807) is 0 Å². The predicted octanol–water partition coefficient (Wildman–Crippen LogP) is 3.91. The second-order valence-corrected chi connectivity index (χ2v) is 7.80. The number of nitrogens with zero attached hydrogens (tertiary/aromatic N) is 2. The molecule has 5 nitrogen and oxygen atoms in total. The van der Waals surface area contributed by atoms with E-state index >= 15 is 0 Å². The Morgan fingerprint density at radius 3 is 2.59 bits per heavy atom. The number of esters is 1. The average Bonchev–Trinajstić information content (AvgIpc) is 3.06. The van der Waals surface area contributed by atoms with E-state index in [9.17, 15) is 9.90 Å². The van der Waals surface area contributed by atoms with Crippen LogP contribution in [0.25, 0.3) is 22.0 Å². The molecule has 0 saturated heterocycles. The van der Waals surface area contributed by atoms with Crippen LogP contribution in [0, 0.1) is 0 Å². The molecule has 0 fully saturated rings. The molecule has 0 radical (unpaired) electrons. The normalized spacial score (nSPS) is 15.3. The highest BCUT2D eigenvalue weighted by molar-refractivity contribution is 5.91. The lowest BCUT2D eigenvalue weighted by Crippen LogP contribution is -2.29. The van der Waals surface area contributed by atoms with E-state index in [1.165, 1.54) is 16.6 Å². The van der Waals surface area contributed by atoms with Gasteiger partial charge in [0.1, 0.15) is 6.04 Å². The standard InChI is InChI=1S/C24H28N2O3/c1-4-29-24(28)16(2)26-22-10-9-19(18-7-5-17(15-27)6-8-18)13-20(22)21-14-25(3)12-11-23(21)26/h5-10,13,16,27H,4,11-12,14-15H2,1-3H3. The molecule has 2 aromatic carbocycles. The molecule has 29 heavy (non-hydrogen) atoms. The number of benzene rings is 2. The first-order valence-corrected chi connectivity index (χ1v) is 10.2. The summed E-state index contributed by atoms with van der Waals surface area (Å²) in [5, 5.41) is 10.5. The Bertz CT molecular complexity index is 1040. The van der Waals surface area contributed by atoms with Gasteiger partial charge in [0.15, 0.2) is 0 Å². The Morgan fingerprint density at radius 1 is 1.17 bits per heavy atom. The molecule has 1 atom stereocenters. The zero-order valence-corrected chi connectivity index (χ0v) is 17.3. The molecular formula is C24H28N2O3. The van der Waals surface area contributed by atoms with Crippen molar-refractivity contribution in [3.05, 3.63) is 59.3 Å². The van der Waals surface area contributed by atoms with Crippen LogP contribution < -0.4 is 0 Å². The topological polar surface area (TPSA) is 54.7 Å². The molecule has 1 N–H and O–H groups in total. The van der Waals surface area contributed by atoms with Crippen molar-refractivity contribution >= 4 is 16.9 Å². The molecule has 0 spiro atoms. The number of aromatic nitrogens is 1. The van der Waals surface area contributed by atoms with Gasteiger partial charge in [0.25, 0.3) is 0 Å². The number of fused-ring (bicyclic) bond motifs is 3. The summed E-state index contributed by atoms with van der Waals surface area (Å²) >= 11 is 0. The maximum atomic E-state index is 12.5. The van der Waals surface area contributed by atoms with Gasteiger partial charge in [-0.15, -0.1) is 0 Å². The highest BCUT2D eigenvalue weighted by Crippen LogP contribution is 2.36. The van der Waals surface area contributed by atoms with Crippen molar-refractivity contribution in [2.24, 2.45) is 0 Å². The Kier molecular flexibility index (Phi) is 5.43. The number of carbonyl (C=O) groups is 1. The van der Waals surface area contributed by atoms with Gasteiger partial charge in [-0.1, -0.05) is 30.3 Å². The number of likely N-dealkylation sites (N-methyl/N-ethyl adjacent to an activating group) is 1. The number of carbonyl (C=O) groups excluding carboxylic acids is 1. The summed E-state index contributed by atoms with van der Waals surface area (Å²) in [7, 11) is 2.14. The van der Waals surface area contributed by atoms with Crippen LogP contribution in [0.4, 0.5) is 0 Å². The van der Waals surface area contributed by atoms with E-state index in [-0.39, 0.29) is 18.6 Å². The fourth-order valence-corrected chi connectivity index (χ4v) is 4.32. The van der Waals surface area contributed by atoms with Crippen LogP contribution in [-0.4, -0.2) is 40.7 Å². The molecule has 1 aromatic heterocycles. The van der Waals surface area contributed by atoms with E-state index in [0.29, 0.717) is 6.61 Å². The lowest BCUT2D eigenvalue weighted by molar-refractivity contribution is -0.146. The Labute approximate surface area is 171 Å². The molecule has 152 valence electrons. The minimum atomic E-state index is -0.348. The second-order valence-electron chi connectivity index (χ2n) is 7.80. The smallest absolute Gasteiger partial charge is 0.328 e. The molecule has 1 aliphatic heterocycles. The summed E-state index contributed by atoms with van der Waals surface area (Å²) in [6.07, 6.45) is 0.921. The highest BCUT2D eigenvalue weighted by Gasteiger charge is 2.28. The number of hydrogen-bond acceptors (Lipinski definition) is 4. The van der Waals surface area contributed by atoms with Crippen molar-refractivity contribution in [1.82, 2.24) is 9.47 Å². The highest BCUT2D eigenvalue weighted by atomic mass is 16.5. The van der Waals surface area contributed by atoms with Crippen molar-refractivity contribution in [1.29, 1.82) is 0 Å². The quantitative estimate of drug-likeness (QED) is 0.669. The van der Waals surface area contributed by atoms with Crippen LogP contribution in [0.2, 0.25) is 0 Å². The molecule has 3 aromatic rings. The van der Waals surface area contributed by atoms with Crippen molar-refractivity contribution in [3.8, 4) is 11.1 Å². The third kappa shape index (κ3) is 3.56. The summed E-state index contributed by atoms with van der Waals surface area (Å²) in [5.41, 5.74) is 6.79. The SMILES string of the molecule is CCOC(=O)C(C)n1c2c(c3cc(-c4ccc(CO)cc4)ccc31)CN(C)CC2. The molecule has 0 aliphatic carbocycles. The second kappa shape index (κ2) is 8.01. The molecule has 0 saturated carbocycles. The van der Waals surface area contributed by atoms with E-state index in [0.717, 1.165) is 41.7 Å².